The molecule has 8 nitrogen and oxygen atoms in total. The van der Waals surface area contributed by atoms with E-state index in [2.05, 4.69) is 20.6 Å². The van der Waals surface area contributed by atoms with Crippen molar-refractivity contribution < 1.29 is 18.0 Å². The highest BCUT2D eigenvalue weighted by Crippen LogP contribution is 2.32. The van der Waals surface area contributed by atoms with Gasteiger partial charge in [0.15, 0.2) is 20.8 Å². The van der Waals surface area contributed by atoms with Crippen molar-refractivity contribution >= 4 is 55.6 Å². The van der Waals surface area contributed by atoms with Crippen molar-refractivity contribution in [2.45, 2.75) is 40.5 Å². The van der Waals surface area contributed by atoms with Gasteiger partial charge >= 0.3 is 6.03 Å². The van der Waals surface area contributed by atoms with Crippen molar-refractivity contribution in [2.75, 3.05) is 16.9 Å². The van der Waals surface area contributed by atoms with Crippen LogP contribution in [0.2, 0.25) is 0 Å². The molecule has 178 valence electrons. The van der Waals surface area contributed by atoms with Crippen LogP contribution in [-0.4, -0.2) is 36.5 Å². The summed E-state index contributed by atoms with van der Waals surface area (Å²) in [6.45, 7) is 0. The minimum absolute atomic E-state index is 0.000154. The number of carbonyl (C=O) groups is 2. The fraction of sp³-hybridized carbons (Fsp3) is 0.304. The Morgan fingerprint density at radius 1 is 1.12 bits per heavy atom. The Kier molecular flexibility index (Phi) is 7.64. The second-order valence-electron chi connectivity index (χ2n) is 7.98. The normalized spacial score (nSPS) is 14.1. The summed E-state index contributed by atoms with van der Waals surface area (Å²) in [5, 5.41) is 5.45. The van der Waals surface area contributed by atoms with Gasteiger partial charge < -0.3 is 5.32 Å². The number of amides is 2. The molecule has 1 aliphatic rings. The predicted molar refractivity (Wildman–Crippen MR) is 134 cm³/mol. The summed E-state index contributed by atoms with van der Waals surface area (Å²) in [7, 11) is -3.51. The van der Waals surface area contributed by atoms with Crippen LogP contribution >= 0.6 is 23.1 Å². The summed E-state index contributed by atoms with van der Waals surface area (Å²) >= 11 is 2.38. The molecule has 4 rings (SSSR count). The Bertz CT molecular complexity index is 1290. The number of Topliss-reactive ketones (excluding diaryl/α,β-unsaturated/α-hetero) is 1. The topological polar surface area (TPSA) is 118 Å². The molecule has 2 amide bonds. The highest BCUT2D eigenvalue weighted by atomic mass is 32.2. The molecule has 0 atom stereocenters. The van der Waals surface area contributed by atoms with Gasteiger partial charge in [0, 0.05) is 34.7 Å². The third kappa shape index (κ3) is 6.22. The molecule has 1 fully saturated rings. The van der Waals surface area contributed by atoms with Crippen LogP contribution in [0.4, 0.5) is 15.6 Å². The van der Waals surface area contributed by atoms with E-state index in [9.17, 15) is 18.0 Å². The van der Waals surface area contributed by atoms with Crippen LogP contribution in [0, 0.1) is 5.92 Å². The number of anilines is 2. The summed E-state index contributed by atoms with van der Waals surface area (Å²) in [4.78, 5) is 34.7. The number of thioether (sulfide) groups is 1. The zero-order valence-corrected chi connectivity index (χ0v) is 20.9. The average Bonchev–Trinajstić information content (AvgIpc) is 3.48. The highest BCUT2D eigenvalue weighted by molar-refractivity contribution is 7.98. The first-order valence-corrected chi connectivity index (χ1v) is 14.4. The number of urea groups is 1. The molecule has 3 aromatic rings. The number of hydrogen-bond acceptors (Lipinski definition) is 8. The van der Waals surface area contributed by atoms with E-state index in [1.165, 1.54) is 18.0 Å². The number of carbonyl (C=O) groups excluding carboxylic acids is 2. The number of hydrogen-bond donors (Lipinski definition) is 2. The molecule has 34 heavy (non-hydrogen) atoms. The number of ketones is 1. The van der Waals surface area contributed by atoms with Crippen LogP contribution in [0.25, 0.3) is 0 Å². The molecule has 1 aromatic carbocycles. The number of aromatic nitrogens is 2. The van der Waals surface area contributed by atoms with E-state index in [1.54, 1.807) is 12.1 Å². The number of rotatable bonds is 8. The van der Waals surface area contributed by atoms with Gasteiger partial charge in [0.1, 0.15) is 9.90 Å². The van der Waals surface area contributed by atoms with Gasteiger partial charge in [-0.25, -0.2) is 18.2 Å². The Balaban J connectivity index is 1.44. The van der Waals surface area contributed by atoms with Gasteiger partial charge in [0.05, 0.1) is 5.69 Å². The van der Waals surface area contributed by atoms with Gasteiger partial charge in [-0.05, 0) is 37.1 Å². The monoisotopic (exact) mass is 516 g/mol. The summed E-state index contributed by atoms with van der Waals surface area (Å²) in [6, 6.07) is 12.2. The van der Waals surface area contributed by atoms with E-state index >= 15 is 0 Å². The minimum Gasteiger partial charge on any atom is -0.308 e. The molecule has 0 unspecified atom stereocenters. The Hall–Kier alpha value is -2.76. The number of pyridine rings is 1. The molecule has 1 aliphatic carbocycles. The van der Waals surface area contributed by atoms with Crippen molar-refractivity contribution in [1.82, 2.24) is 9.97 Å². The number of nitrogens with one attached hydrogen (secondary N) is 2. The molecule has 0 spiro atoms. The third-order valence-electron chi connectivity index (χ3n) is 5.33. The van der Waals surface area contributed by atoms with Gasteiger partial charge in [0.2, 0.25) is 0 Å². The highest BCUT2D eigenvalue weighted by Gasteiger charge is 2.25. The van der Waals surface area contributed by atoms with Crippen molar-refractivity contribution in [2.24, 2.45) is 5.92 Å². The largest absolute Gasteiger partial charge is 0.325 e. The van der Waals surface area contributed by atoms with Crippen LogP contribution < -0.4 is 10.6 Å². The van der Waals surface area contributed by atoms with E-state index in [1.807, 2.05) is 30.3 Å². The van der Waals surface area contributed by atoms with Gasteiger partial charge in [-0.3, -0.25) is 15.1 Å². The lowest BCUT2D eigenvalue weighted by molar-refractivity contribution is 0.0917. The Morgan fingerprint density at radius 2 is 1.85 bits per heavy atom. The molecule has 11 heteroatoms. The zero-order chi connectivity index (χ0) is 24.1. The maximum absolute atomic E-state index is 12.6. The minimum atomic E-state index is -3.51. The van der Waals surface area contributed by atoms with E-state index in [0.717, 1.165) is 48.2 Å². The van der Waals surface area contributed by atoms with Crippen molar-refractivity contribution in [1.29, 1.82) is 0 Å². The van der Waals surface area contributed by atoms with Crippen molar-refractivity contribution in [3.05, 3.63) is 60.0 Å². The molecule has 2 aromatic heterocycles. The molecule has 2 heterocycles. The summed E-state index contributed by atoms with van der Waals surface area (Å²) in [5.41, 5.74) is 1.15. The fourth-order valence-corrected chi connectivity index (χ4v) is 6.88. The lowest BCUT2D eigenvalue weighted by Crippen LogP contribution is -2.20. The van der Waals surface area contributed by atoms with E-state index < -0.39 is 15.9 Å². The maximum atomic E-state index is 12.6. The molecular formula is C23H24N4O4S3. The first-order valence-electron chi connectivity index (χ1n) is 10.8. The number of nitrogens with zero attached hydrogens (tertiary/aromatic N) is 2. The van der Waals surface area contributed by atoms with Crippen LogP contribution in [-0.2, 0) is 15.6 Å². The van der Waals surface area contributed by atoms with Gasteiger partial charge in [-0.2, -0.15) is 0 Å². The molecule has 0 saturated heterocycles. The van der Waals surface area contributed by atoms with Crippen molar-refractivity contribution in [3.63, 3.8) is 0 Å². The van der Waals surface area contributed by atoms with Crippen LogP contribution in [0.1, 0.15) is 41.9 Å². The van der Waals surface area contributed by atoms with Crippen LogP contribution in [0.15, 0.2) is 57.8 Å². The fourth-order valence-electron chi connectivity index (χ4n) is 3.74. The molecule has 2 N–H and O–H groups in total. The summed E-state index contributed by atoms with van der Waals surface area (Å²) in [6.07, 6.45) is 6.45. The van der Waals surface area contributed by atoms with E-state index in [4.69, 9.17) is 0 Å². The molecule has 0 bridgehead atoms. The van der Waals surface area contributed by atoms with Crippen LogP contribution in [0.3, 0.4) is 0 Å². The number of benzene rings is 1. The number of thiazole rings is 1. The predicted octanol–water partition coefficient (Wildman–Crippen LogP) is 5.25. The average molecular weight is 517 g/mol. The lowest BCUT2D eigenvalue weighted by atomic mass is 9.99. The first-order chi connectivity index (χ1) is 16.3. The van der Waals surface area contributed by atoms with Crippen LogP contribution in [0.5, 0.6) is 0 Å². The quantitative estimate of drug-likeness (QED) is 0.310. The van der Waals surface area contributed by atoms with E-state index in [-0.39, 0.29) is 21.0 Å². The third-order valence-corrected chi connectivity index (χ3v) is 9.23. The smallest absolute Gasteiger partial charge is 0.308 e. The van der Waals surface area contributed by atoms with Crippen molar-refractivity contribution in [3.8, 4) is 0 Å². The summed E-state index contributed by atoms with van der Waals surface area (Å²) in [5.74, 6) is 0.344. The second-order valence-corrected chi connectivity index (χ2v) is 12.2. The first kappa shape index (κ1) is 24.4. The molecule has 0 radical (unpaired) electrons. The molecule has 0 aliphatic heterocycles. The SMILES string of the molecule is CS(=O)(=O)c1sc(NC(=O)Nc2ccnc(C(=O)C3CCCC3)c2)nc1CSc1ccccc1. The van der Waals surface area contributed by atoms with E-state index in [0.29, 0.717) is 22.8 Å². The second kappa shape index (κ2) is 10.7. The van der Waals surface area contributed by atoms with Gasteiger partial charge in [-0.1, -0.05) is 42.4 Å². The molecule has 1 saturated carbocycles. The maximum Gasteiger partial charge on any atom is 0.325 e. The summed E-state index contributed by atoms with van der Waals surface area (Å²) < 4.78 is 24.6. The Morgan fingerprint density at radius 3 is 2.56 bits per heavy atom. The van der Waals surface area contributed by atoms with Gasteiger partial charge in [0.25, 0.3) is 0 Å². The number of sulfone groups is 1. The lowest BCUT2D eigenvalue weighted by Gasteiger charge is -2.09. The molecular weight excluding hydrogens is 492 g/mol. The zero-order valence-electron chi connectivity index (χ0n) is 18.5. The Labute approximate surface area is 206 Å². The van der Waals surface area contributed by atoms with Gasteiger partial charge in [-0.15, -0.1) is 11.8 Å². The standard InChI is InChI=1S/C23H24N4O4S3/c1-34(30,31)21-19(14-32-17-9-3-2-4-10-17)26-23(33-21)27-22(29)25-16-11-12-24-18(13-16)20(28)15-7-5-6-8-15/h2-4,9-13,15H,5-8,14H2,1H3,(H2,24,25,26,27,29).